The summed E-state index contributed by atoms with van der Waals surface area (Å²) in [5, 5.41) is 0. The summed E-state index contributed by atoms with van der Waals surface area (Å²) in [4.78, 5) is 11.2. The molecule has 1 aromatic carbocycles. The lowest BCUT2D eigenvalue weighted by Crippen LogP contribution is -2.08. The van der Waals surface area contributed by atoms with Gasteiger partial charge >= 0.3 is 0 Å². The average molecular weight is 226 g/mol. The standard InChI is InChI=1S/C12H15FO3/c1-15-8-10(14)5-3-9-4-6-11(16-2)7-12(9)13/h4,6-7H,3,5,8H2,1-2H3. The Balaban J connectivity index is 2.57. The molecule has 3 nitrogen and oxygen atoms in total. The van der Waals surface area contributed by atoms with Crippen LogP contribution in [0.5, 0.6) is 5.75 Å². The van der Waals surface area contributed by atoms with E-state index in [-0.39, 0.29) is 24.6 Å². The molecule has 0 radical (unpaired) electrons. The van der Waals surface area contributed by atoms with Crippen molar-refractivity contribution >= 4 is 5.78 Å². The van der Waals surface area contributed by atoms with Crippen molar-refractivity contribution in [3.05, 3.63) is 29.6 Å². The van der Waals surface area contributed by atoms with Gasteiger partial charge in [-0.25, -0.2) is 4.39 Å². The van der Waals surface area contributed by atoms with Crippen LogP contribution in [0.15, 0.2) is 18.2 Å². The first-order chi connectivity index (χ1) is 7.67. The van der Waals surface area contributed by atoms with Gasteiger partial charge in [-0.15, -0.1) is 0 Å². The molecule has 0 heterocycles. The number of hydrogen-bond acceptors (Lipinski definition) is 3. The van der Waals surface area contributed by atoms with Crippen LogP contribution in [0.1, 0.15) is 12.0 Å². The number of Topliss-reactive ketones (excluding diaryl/α,β-unsaturated/α-hetero) is 1. The highest BCUT2D eigenvalue weighted by Gasteiger charge is 2.07. The quantitative estimate of drug-likeness (QED) is 0.744. The Kier molecular flexibility index (Phi) is 4.92. The number of aryl methyl sites for hydroxylation is 1. The molecule has 0 aromatic heterocycles. The van der Waals surface area contributed by atoms with E-state index >= 15 is 0 Å². The van der Waals surface area contributed by atoms with Gasteiger partial charge in [0.05, 0.1) is 7.11 Å². The van der Waals surface area contributed by atoms with E-state index in [4.69, 9.17) is 9.47 Å². The van der Waals surface area contributed by atoms with Crippen LogP contribution >= 0.6 is 0 Å². The molecule has 0 saturated heterocycles. The minimum absolute atomic E-state index is 0.0299. The fourth-order valence-electron chi connectivity index (χ4n) is 1.37. The Morgan fingerprint density at radius 2 is 2.12 bits per heavy atom. The second-order valence-electron chi connectivity index (χ2n) is 3.43. The van der Waals surface area contributed by atoms with Crippen LogP contribution in [0.3, 0.4) is 0 Å². The van der Waals surface area contributed by atoms with E-state index in [0.717, 1.165) is 0 Å². The van der Waals surface area contributed by atoms with E-state index in [1.54, 1.807) is 12.1 Å². The molecule has 0 bridgehead atoms. The normalized spacial score (nSPS) is 10.2. The molecular formula is C12H15FO3. The van der Waals surface area contributed by atoms with E-state index in [0.29, 0.717) is 17.7 Å². The first kappa shape index (κ1) is 12.6. The van der Waals surface area contributed by atoms with Gasteiger partial charge in [-0.2, -0.15) is 0 Å². The van der Waals surface area contributed by atoms with Gasteiger partial charge in [-0.1, -0.05) is 6.07 Å². The van der Waals surface area contributed by atoms with Crippen molar-refractivity contribution in [1.82, 2.24) is 0 Å². The van der Waals surface area contributed by atoms with Gasteiger partial charge in [0, 0.05) is 19.6 Å². The maximum absolute atomic E-state index is 13.5. The monoisotopic (exact) mass is 226 g/mol. The molecule has 0 amide bonds. The number of ether oxygens (including phenoxy) is 2. The highest BCUT2D eigenvalue weighted by atomic mass is 19.1. The maximum Gasteiger partial charge on any atom is 0.158 e. The molecule has 1 aromatic rings. The molecule has 4 heteroatoms. The highest BCUT2D eigenvalue weighted by molar-refractivity contribution is 5.79. The van der Waals surface area contributed by atoms with Crippen molar-refractivity contribution in [1.29, 1.82) is 0 Å². The summed E-state index contributed by atoms with van der Waals surface area (Å²) in [5.41, 5.74) is 0.519. The Hall–Kier alpha value is -1.42. The van der Waals surface area contributed by atoms with Gasteiger partial charge in [0.15, 0.2) is 5.78 Å². The minimum atomic E-state index is -0.343. The molecule has 0 aliphatic rings. The largest absolute Gasteiger partial charge is 0.497 e. The molecule has 0 aliphatic carbocycles. The SMILES string of the molecule is COCC(=O)CCc1ccc(OC)cc1F. The lowest BCUT2D eigenvalue weighted by molar-refractivity contribution is -0.122. The van der Waals surface area contributed by atoms with Crippen LogP contribution < -0.4 is 4.74 Å². The van der Waals surface area contributed by atoms with Crippen molar-refractivity contribution in [3.63, 3.8) is 0 Å². The van der Waals surface area contributed by atoms with Crippen LogP contribution in [-0.2, 0) is 16.0 Å². The molecule has 1 rings (SSSR count). The van der Waals surface area contributed by atoms with Crippen LogP contribution in [0, 0.1) is 5.82 Å². The number of methoxy groups -OCH3 is 2. The third-order valence-corrected chi connectivity index (χ3v) is 2.24. The Morgan fingerprint density at radius 1 is 1.38 bits per heavy atom. The predicted octanol–water partition coefficient (Wildman–Crippen LogP) is 1.98. The summed E-state index contributed by atoms with van der Waals surface area (Å²) in [6.45, 7) is 0.0811. The molecule has 16 heavy (non-hydrogen) atoms. The molecule has 0 saturated carbocycles. The Labute approximate surface area is 94.2 Å². The molecule has 88 valence electrons. The molecule has 0 fully saturated rings. The molecule has 0 spiro atoms. The van der Waals surface area contributed by atoms with Crippen LogP contribution in [-0.4, -0.2) is 26.6 Å². The molecule has 0 aliphatic heterocycles. The van der Waals surface area contributed by atoms with E-state index < -0.39 is 0 Å². The topological polar surface area (TPSA) is 35.5 Å². The van der Waals surface area contributed by atoms with Gasteiger partial charge in [-0.3, -0.25) is 4.79 Å². The molecule has 0 unspecified atom stereocenters. The van der Waals surface area contributed by atoms with E-state index in [1.165, 1.54) is 20.3 Å². The van der Waals surface area contributed by atoms with Crippen molar-refractivity contribution in [2.45, 2.75) is 12.8 Å². The van der Waals surface area contributed by atoms with Crippen LogP contribution in [0.2, 0.25) is 0 Å². The number of rotatable bonds is 6. The first-order valence-electron chi connectivity index (χ1n) is 5.00. The zero-order chi connectivity index (χ0) is 12.0. The third-order valence-electron chi connectivity index (χ3n) is 2.24. The lowest BCUT2D eigenvalue weighted by Gasteiger charge is -2.05. The number of benzene rings is 1. The first-order valence-corrected chi connectivity index (χ1v) is 5.00. The summed E-state index contributed by atoms with van der Waals surface area (Å²) in [7, 11) is 2.95. The number of hydrogen-bond donors (Lipinski definition) is 0. The van der Waals surface area contributed by atoms with Crippen LogP contribution in [0.4, 0.5) is 4.39 Å². The summed E-state index contributed by atoms with van der Waals surface area (Å²) in [5.74, 6) is 0.103. The molecule has 0 atom stereocenters. The smallest absolute Gasteiger partial charge is 0.158 e. The van der Waals surface area contributed by atoms with E-state index in [9.17, 15) is 9.18 Å². The van der Waals surface area contributed by atoms with Gasteiger partial charge in [0.1, 0.15) is 18.2 Å². The average Bonchev–Trinajstić information content (AvgIpc) is 2.27. The highest BCUT2D eigenvalue weighted by Crippen LogP contribution is 2.17. The third kappa shape index (κ3) is 3.62. The predicted molar refractivity (Wildman–Crippen MR) is 58.2 cm³/mol. The van der Waals surface area contributed by atoms with Gasteiger partial charge in [-0.05, 0) is 18.1 Å². The van der Waals surface area contributed by atoms with Crippen molar-refractivity contribution in [3.8, 4) is 5.75 Å². The number of halogens is 1. The van der Waals surface area contributed by atoms with E-state index in [2.05, 4.69) is 0 Å². The molecular weight excluding hydrogens is 211 g/mol. The van der Waals surface area contributed by atoms with Crippen molar-refractivity contribution < 1.29 is 18.7 Å². The number of ketones is 1. The number of carbonyl (C=O) groups excluding carboxylic acids is 1. The second-order valence-corrected chi connectivity index (χ2v) is 3.43. The fraction of sp³-hybridized carbons (Fsp3) is 0.417. The minimum Gasteiger partial charge on any atom is -0.497 e. The van der Waals surface area contributed by atoms with E-state index in [1.807, 2.05) is 0 Å². The van der Waals surface area contributed by atoms with Crippen molar-refractivity contribution in [2.24, 2.45) is 0 Å². The summed E-state index contributed by atoms with van der Waals surface area (Å²) in [6.07, 6.45) is 0.676. The van der Waals surface area contributed by atoms with Gasteiger partial charge < -0.3 is 9.47 Å². The summed E-state index contributed by atoms with van der Waals surface area (Å²) in [6, 6.07) is 4.63. The second kappa shape index (κ2) is 6.23. The zero-order valence-electron chi connectivity index (χ0n) is 9.46. The maximum atomic E-state index is 13.5. The lowest BCUT2D eigenvalue weighted by atomic mass is 10.1. The molecule has 0 N–H and O–H groups in total. The summed E-state index contributed by atoms with van der Waals surface area (Å²) < 4.78 is 23.0. The van der Waals surface area contributed by atoms with Gasteiger partial charge in [0.2, 0.25) is 0 Å². The zero-order valence-corrected chi connectivity index (χ0v) is 9.46. The number of carbonyl (C=O) groups is 1. The Morgan fingerprint density at radius 3 is 2.69 bits per heavy atom. The fourth-order valence-corrected chi connectivity index (χ4v) is 1.37. The summed E-state index contributed by atoms with van der Waals surface area (Å²) >= 11 is 0. The van der Waals surface area contributed by atoms with Crippen molar-refractivity contribution in [2.75, 3.05) is 20.8 Å². The van der Waals surface area contributed by atoms with Crippen LogP contribution in [0.25, 0.3) is 0 Å². The van der Waals surface area contributed by atoms with Gasteiger partial charge in [0.25, 0.3) is 0 Å². The Bertz CT molecular complexity index is 363.